The Morgan fingerprint density at radius 2 is 1.69 bits per heavy atom. The molecule has 0 saturated carbocycles. The minimum atomic E-state index is 0.852. The van der Waals surface area contributed by atoms with Crippen LogP contribution in [0.15, 0.2) is 12.2 Å². The van der Waals surface area contributed by atoms with Crippen molar-refractivity contribution in [2.45, 2.75) is 50.6 Å². The molecule has 2 aliphatic heterocycles. The quantitative estimate of drug-likeness (QED) is 0.625. The molecule has 2 fully saturated rings. The molecule has 0 aromatic heterocycles. The minimum Gasteiger partial charge on any atom is -0.299 e. The highest BCUT2D eigenvalue weighted by atomic mass is 15.3. The number of hydrogen-bond donors (Lipinski definition) is 0. The topological polar surface area (TPSA) is 6.48 Å². The average molecular weight is 220 g/mol. The van der Waals surface area contributed by atoms with Crippen LogP contribution in [0.25, 0.3) is 0 Å². The first-order chi connectivity index (χ1) is 7.93. The lowest BCUT2D eigenvalue weighted by atomic mass is 9.99. The van der Waals surface area contributed by atoms with Gasteiger partial charge in [0.15, 0.2) is 0 Å². The summed E-state index contributed by atoms with van der Waals surface area (Å²) in [6.07, 6.45) is 13.0. The Kier molecular flexibility index (Phi) is 3.30. The third-order valence-electron chi connectivity index (χ3n) is 4.59. The number of rotatable bonds is 1. The number of hydrogen-bond acceptors (Lipinski definition) is 2. The van der Waals surface area contributed by atoms with Gasteiger partial charge in [0, 0.05) is 18.6 Å². The summed E-state index contributed by atoms with van der Waals surface area (Å²) >= 11 is 0. The van der Waals surface area contributed by atoms with Gasteiger partial charge in [-0.2, -0.15) is 0 Å². The molecule has 0 amide bonds. The fourth-order valence-electron chi connectivity index (χ4n) is 3.68. The lowest BCUT2D eigenvalue weighted by molar-refractivity contribution is 0.163. The highest BCUT2D eigenvalue weighted by Crippen LogP contribution is 2.25. The predicted molar refractivity (Wildman–Crippen MR) is 67.6 cm³/mol. The summed E-state index contributed by atoms with van der Waals surface area (Å²) in [5, 5.41) is 0. The van der Waals surface area contributed by atoms with Gasteiger partial charge >= 0.3 is 0 Å². The minimum absolute atomic E-state index is 0.852. The number of nitrogens with zero attached hydrogens (tertiary/aromatic N) is 2. The van der Waals surface area contributed by atoms with Crippen molar-refractivity contribution in [3.8, 4) is 0 Å². The van der Waals surface area contributed by atoms with Crippen LogP contribution < -0.4 is 0 Å². The SMILES string of the molecule is C1=CCC(N2CCCN3CCCC3C2)CC1. The van der Waals surface area contributed by atoms with Gasteiger partial charge in [0.05, 0.1) is 0 Å². The lowest BCUT2D eigenvalue weighted by Crippen LogP contribution is -2.42. The predicted octanol–water partition coefficient (Wildman–Crippen LogP) is 2.27. The fraction of sp³-hybridized carbons (Fsp3) is 0.857. The summed E-state index contributed by atoms with van der Waals surface area (Å²) in [6.45, 7) is 5.40. The molecule has 0 aromatic rings. The van der Waals surface area contributed by atoms with Gasteiger partial charge in [0.25, 0.3) is 0 Å². The van der Waals surface area contributed by atoms with Crippen LogP contribution in [0.2, 0.25) is 0 Å². The molecule has 2 unspecified atom stereocenters. The summed E-state index contributed by atoms with van der Waals surface area (Å²) in [4.78, 5) is 5.53. The Labute approximate surface area is 99.3 Å². The van der Waals surface area contributed by atoms with Crippen molar-refractivity contribution in [2.24, 2.45) is 0 Å². The molecular weight excluding hydrogens is 196 g/mol. The van der Waals surface area contributed by atoms with Crippen molar-refractivity contribution < 1.29 is 0 Å². The van der Waals surface area contributed by atoms with Crippen LogP contribution in [0.3, 0.4) is 0 Å². The smallest absolute Gasteiger partial charge is 0.0223 e. The Bertz CT molecular complexity index is 261. The molecule has 0 spiro atoms. The maximum absolute atomic E-state index is 2.79. The molecule has 90 valence electrons. The van der Waals surface area contributed by atoms with Crippen molar-refractivity contribution >= 4 is 0 Å². The van der Waals surface area contributed by atoms with Gasteiger partial charge in [0.2, 0.25) is 0 Å². The van der Waals surface area contributed by atoms with E-state index in [0.29, 0.717) is 0 Å². The second-order valence-electron chi connectivity index (χ2n) is 5.62. The third-order valence-corrected chi connectivity index (χ3v) is 4.59. The van der Waals surface area contributed by atoms with Crippen LogP contribution in [-0.4, -0.2) is 48.1 Å². The molecule has 2 saturated heterocycles. The van der Waals surface area contributed by atoms with Crippen LogP contribution in [0.5, 0.6) is 0 Å². The van der Waals surface area contributed by atoms with Crippen LogP contribution in [0, 0.1) is 0 Å². The van der Waals surface area contributed by atoms with Gasteiger partial charge in [-0.3, -0.25) is 9.80 Å². The van der Waals surface area contributed by atoms with Crippen molar-refractivity contribution in [1.29, 1.82) is 0 Å². The van der Waals surface area contributed by atoms with Gasteiger partial charge in [-0.15, -0.1) is 0 Å². The second-order valence-corrected chi connectivity index (χ2v) is 5.62. The van der Waals surface area contributed by atoms with E-state index in [1.165, 1.54) is 64.7 Å². The summed E-state index contributed by atoms with van der Waals surface area (Å²) in [5.74, 6) is 0. The molecule has 2 heterocycles. The van der Waals surface area contributed by atoms with E-state index >= 15 is 0 Å². The van der Waals surface area contributed by atoms with E-state index in [9.17, 15) is 0 Å². The van der Waals surface area contributed by atoms with E-state index in [-0.39, 0.29) is 0 Å². The van der Waals surface area contributed by atoms with Gasteiger partial charge < -0.3 is 0 Å². The molecule has 2 atom stereocenters. The van der Waals surface area contributed by atoms with E-state index in [0.717, 1.165) is 12.1 Å². The molecule has 0 bridgehead atoms. The normalized spacial score (nSPS) is 37.2. The number of allylic oxidation sites excluding steroid dienone is 1. The van der Waals surface area contributed by atoms with E-state index < -0.39 is 0 Å². The van der Waals surface area contributed by atoms with Crippen LogP contribution in [-0.2, 0) is 0 Å². The summed E-state index contributed by atoms with van der Waals surface area (Å²) < 4.78 is 0. The molecule has 1 aliphatic carbocycles. The molecule has 2 nitrogen and oxygen atoms in total. The molecule has 3 aliphatic rings. The van der Waals surface area contributed by atoms with E-state index in [2.05, 4.69) is 22.0 Å². The molecule has 2 heteroatoms. The summed E-state index contributed by atoms with van der Waals surface area (Å²) in [5.41, 5.74) is 0. The van der Waals surface area contributed by atoms with Crippen molar-refractivity contribution in [3.63, 3.8) is 0 Å². The van der Waals surface area contributed by atoms with Gasteiger partial charge in [-0.25, -0.2) is 0 Å². The van der Waals surface area contributed by atoms with Crippen molar-refractivity contribution in [1.82, 2.24) is 9.80 Å². The molecule has 3 rings (SSSR count). The third kappa shape index (κ3) is 2.18. The van der Waals surface area contributed by atoms with E-state index in [4.69, 9.17) is 0 Å². The first-order valence-corrected chi connectivity index (χ1v) is 7.06. The van der Waals surface area contributed by atoms with Crippen LogP contribution in [0.1, 0.15) is 38.5 Å². The van der Waals surface area contributed by atoms with Crippen molar-refractivity contribution in [3.05, 3.63) is 12.2 Å². The summed E-state index contributed by atoms with van der Waals surface area (Å²) in [6, 6.07) is 1.74. The van der Waals surface area contributed by atoms with Gasteiger partial charge in [-0.1, -0.05) is 12.2 Å². The number of fused-ring (bicyclic) bond motifs is 1. The summed E-state index contributed by atoms with van der Waals surface area (Å²) in [7, 11) is 0. The van der Waals surface area contributed by atoms with Crippen LogP contribution >= 0.6 is 0 Å². The second kappa shape index (κ2) is 4.89. The fourth-order valence-corrected chi connectivity index (χ4v) is 3.68. The highest BCUT2D eigenvalue weighted by Gasteiger charge is 2.31. The van der Waals surface area contributed by atoms with Gasteiger partial charge in [0.1, 0.15) is 0 Å². The van der Waals surface area contributed by atoms with Crippen LogP contribution in [0.4, 0.5) is 0 Å². The first kappa shape index (κ1) is 10.8. The maximum Gasteiger partial charge on any atom is 0.0223 e. The molecular formula is C14H24N2. The Hall–Kier alpha value is -0.340. The van der Waals surface area contributed by atoms with E-state index in [1.54, 1.807) is 0 Å². The molecule has 0 N–H and O–H groups in total. The monoisotopic (exact) mass is 220 g/mol. The van der Waals surface area contributed by atoms with Gasteiger partial charge in [-0.05, 0) is 58.2 Å². The maximum atomic E-state index is 2.79. The van der Waals surface area contributed by atoms with Crippen molar-refractivity contribution in [2.75, 3.05) is 26.2 Å². The Morgan fingerprint density at radius 3 is 2.56 bits per heavy atom. The zero-order valence-corrected chi connectivity index (χ0v) is 10.3. The highest BCUT2D eigenvalue weighted by molar-refractivity contribution is 4.96. The first-order valence-electron chi connectivity index (χ1n) is 7.06. The lowest BCUT2D eigenvalue weighted by Gasteiger charge is -2.33. The zero-order chi connectivity index (χ0) is 10.8. The Balaban J connectivity index is 1.64. The average Bonchev–Trinajstić information content (AvgIpc) is 2.68. The molecule has 0 aromatic carbocycles. The standard InChI is InChI=1S/C14H24N2/c1-2-6-13(7-3-1)16-11-5-10-15-9-4-8-14(15)12-16/h1-2,13-14H,3-12H2. The van der Waals surface area contributed by atoms with E-state index in [1.807, 2.05) is 0 Å². The zero-order valence-electron chi connectivity index (χ0n) is 10.3. The Morgan fingerprint density at radius 1 is 0.812 bits per heavy atom. The molecule has 0 radical (unpaired) electrons. The molecule has 16 heavy (non-hydrogen) atoms. The largest absolute Gasteiger partial charge is 0.299 e.